The van der Waals surface area contributed by atoms with Crippen LogP contribution in [0.25, 0.3) is 0 Å². The molecule has 0 rings (SSSR count). The minimum absolute atomic E-state index is 0.0402. The highest BCUT2D eigenvalue weighted by Gasteiger charge is 2.21. The van der Waals surface area contributed by atoms with E-state index in [0.29, 0.717) is 23.9 Å². The lowest BCUT2D eigenvalue weighted by atomic mass is 10.1. The largest absolute Gasteiger partial charge is 0.756 e. The predicted octanol–water partition coefficient (Wildman–Crippen LogP) is 17.5. The number of allylic oxidation sites excluding steroid dienone is 22. The molecule has 0 saturated carbocycles. The number of carbonyl (C=O) groups excluding carboxylic acids is 2. The summed E-state index contributed by atoms with van der Waals surface area (Å²) in [6, 6.07) is 0. The van der Waals surface area contributed by atoms with Gasteiger partial charge < -0.3 is 27.9 Å². The van der Waals surface area contributed by atoms with Gasteiger partial charge in [0, 0.05) is 12.8 Å². The van der Waals surface area contributed by atoms with E-state index in [9.17, 15) is 19.0 Å². The van der Waals surface area contributed by atoms with Crippen LogP contribution in [0.15, 0.2) is 134 Å². The number of quaternary nitrogens is 1. The quantitative estimate of drug-likeness (QED) is 0.0195. The number of nitrogens with zero attached hydrogens (tertiary/aromatic N) is 1. The van der Waals surface area contributed by atoms with E-state index in [-0.39, 0.29) is 26.1 Å². The zero-order valence-electron chi connectivity index (χ0n) is 47.5. The van der Waals surface area contributed by atoms with E-state index in [1.165, 1.54) is 38.5 Å². The van der Waals surface area contributed by atoms with Crippen molar-refractivity contribution in [2.75, 3.05) is 47.5 Å². The Labute approximate surface area is 453 Å². The summed E-state index contributed by atoms with van der Waals surface area (Å²) >= 11 is 0. The molecule has 0 aromatic carbocycles. The molecule has 0 saturated heterocycles. The van der Waals surface area contributed by atoms with Gasteiger partial charge in [0.25, 0.3) is 7.82 Å². The van der Waals surface area contributed by atoms with Crippen molar-refractivity contribution in [3.63, 3.8) is 0 Å². The standard InChI is InChI=1S/C64H106NO8P/c1-6-8-10-12-14-16-18-19-20-21-22-23-24-25-26-27-28-29-30-31-32-33-34-35-36-37-38-39-40-41-42-43-44-45-47-49-51-53-55-57-64(67)73-62(61-72-74(68,69)71-59-58-65(3,4)5)60-70-63(66)56-54-52-50-48-46-17-15-13-11-9-7-2/h8,10,13-16,19-20,22-23,25-26,28-29,31-32,34-35,37-38,40-41,62H,6-7,9,11-12,17-18,21,24,27,30,33,36,39,42-61H2,1-5H3/b10-8-,15-13-,16-14-,20-19-,23-22-,26-25-,29-28-,32-31-,35-34-,38-37-,41-40-. The first-order valence-electron chi connectivity index (χ1n) is 28.9. The maximum Gasteiger partial charge on any atom is 0.306 e. The van der Waals surface area contributed by atoms with Crippen LogP contribution >= 0.6 is 7.82 Å². The van der Waals surface area contributed by atoms with Crippen molar-refractivity contribution >= 4 is 19.8 Å². The Bertz CT molecular complexity index is 1710. The second kappa shape index (κ2) is 54.0. The molecule has 0 radical (unpaired) electrons. The number of unbranched alkanes of at least 4 members (excludes halogenated alkanes) is 15. The SMILES string of the molecule is CC/C=C\C/C=C\C/C=C\C/C=C\C/C=C\C/C=C\C/C=C\C/C=C\C/C=C\C/C=C\CCCCCCCCCCC(=O)OC(COC(=O)CCCCCCC/C=C\CCCC)COP(=O)([O-])OCC[N+](C)(C)C. The third-order valence-electron chi connectivity index (χ3n) is 11.7. The maximum atomic E-state index is 12.8. The van der Waals surface area contributed by atoms with E-state index >= 15 is 0 Å². The van der Waals surface area contributed by atoms with Crippen LogP contribution in [0.4, 0.5) is 0 Å². The molecule has 10 heteroatoms. The average Bonchev–Trinajstić information content (AvgIpc) is 3.36. The Morgan fingerprint density at radius 2 is 0.770 bits per heavy atom. The zero-order chi connectivity index (χ0) is 54.2. The number of phosphoric acid groups is 1. The maximum absolute atomic E-state index is 12.8. The number of rotatable bonds is 51. The van der Waals surface area contributed by atoms with Gasteiger partial charge in [-0.1, -0.05) is 218 Å². The Kier molecular flexibility index (Phi) is 51.2. The molecule has 420 valence electrons. The first-order valence-corrected chi connectivity index (χ1v) is 30.4. The lowest BCUT2D eigenvalue weighted by molar-refractivity contribution is -0.870. The summed E-state index contributed by atoms with van der Waals surface area (Å²) in [7, 11) is 1.14. The first-order chi connectivity index (χ1) is 36.0. The van der Waals surface area contributed by atoms with Crippen LogP contribution in [-0.4, -0.2) is 70.0 Å². The van der Waals surface area contributed by atoms with Gasteiger partial charge in [-0.25, -0.2) is 0 Å². The van der Waals surface area contributed by atoms with E-state index in [0.717, 1.165) is 128 Å². The molecule has 2 unspecified atom stereocenters. The molecule has 0 N–H and O–H groups in total. The summed E-state index contributed by atoms with van der Waals surface area (Å²) < 4.78 is 34.0. The van der Waals surface area contributed by atoms with Gasteiger partial charge in [-0.2, -0.15) is 0 Å². The number of hydrogen-bond acceptors (Lipinski definition) is 8. The topological polar surface area (TPSA) is 111 Å². The number of esters is 2. The Balaban J connectivity index is 4.11. The third kappa shape index (κ3) is 57.4. The number of carbonyl (C=O) groups is 2. The van der Waals surface area contributed by atoms with E-state index < -0.39 is 32.5 Å². The van der Waals surface area contributed by atoms with E-state index in [4.69, 9.17) is 18.5 Å². The summed E-state index contributed by atoms with van der Waals surface area (Å²) in [5.74, 6) is -0.865. The fourth-order valence-electron chi connectivity index (χ4n) is 7.19. The van der Waals surface area contributed by atoms with Crippen LogP contribution in [0.5, 0.6) is 0 Å². The lowest BCUT2D eigenvalue weighted by Gasteiger charge is -2.28. The molecule has 0 heterocycles. The molecule has 0 fully saturated rings. The van der Waals surface area contributed by atoms with Crippen LogP contribution in [0.1, 0.15) is 206 Å². The molecule has 0 spiro atoms. The van der Waals surface area contributed by atoms with Gasteiger partial charge in [-0.05, 0) is 109 Å². The molecule has 0 bridgehead atoms. The molecule has 0 aliphatic rings. The Morgan fingerprint density at radius 3 is 1.16 bits per heavy atom. The number of ether oxygens (including phenoxy) is 2. The van der Waals surface area contributed by atoms with Crippen molar-refractivity contribution in [1.82, 2.24) is 0 Å². The highest BCUT2D eigenvalue weighted by molar-refractivity contribution is 7.45. The molecule has 0 amide bonds. The van der Waals surface area contributed by atoms with Crippen molar-refractivity contribution in [2.24, 2.45) is 0 Å². The molecular weight excluding hydrogens is 942 g/mol. The summed E-state index contributed by atoms with van der Waals surface area (Å²) in [5.41, 5.74) is 0. The molecule has 0 aliphatic heterocycles. The fourth-order valence-corrected chi connectivity index (χ4v) is 7.92. The van der Waals surface area contributed by atoms with Crippen LogP contribution in [0.3, 0.4) is 0 Å². The van der Waals surface area contributed by atoms with Gasteiger partial charge in [0.2, 0.25) is 0 Å². The monoisotopic (exact) mass is 1050 g/mol. The van der Waals surface area contributed by atoms with Crippen LogP contribution in [0, 0.1) is 0 Å². The van der Waals surface area contributed by atoms with E-state index in [1.807, 2.05) is 21.1 Å². The number of phosphoric ester groups is 1. The highest BCUT2D eigenvalue weighted by atomic mass is 31.2. The van der Waals surface area contributed by atoms with Crippen molar-refractivity contribution in [1.29, 1.82) is 0 Å². The van der Waals surface area contributed by atoms with Crippen molar-refractivity contribution in [3.05, 3.63) is 134 Å². The second-order valence-electron chi connectivity index (χ2n) is 19.9. The summed E-state index contributed by atoms with van der Waals surface area (Å²) in [5, 5.41) is 0. The first kappa shape index (κ1) is 70.1. The number of likely N-dealkylation sites (N-methyl/N-ethyl adjacent to an activating group) is 1. The van der Waals surface area contributed by atoms with Gasteiger partial charge in [0.15, 0.2) is 6.10 Å². The lowest BCUT2D eigenvalue weighted by Crippen LogP contribution is -2.37. The van der Waals surface area contributed by atoms with Crippen molar-refractivity contribution in [3.8, 4) is 0 Å². The Morgan fingerprint density at radius 1 is 0.432 bits per heavy atom. The van der Waals surface area contributed by atoms with Gasteiger partial charge in [0.1, 0.15) is 19.8 Å². The fraction of sp³-hybridized carbons (Fsp3) is 0.625. The molecule has 0 aliphatic carbocycles. The van der Waals surface area contributed by atoms with E-state index in [2.05, 4.69) is 148 Å². The Hall–Kier alpha value is -3.85. The smallest absolute Gasteiger partial charge is 0.306 e. The molecular formula is C64H106NO8P. The van der Waals surface area contributed by atoms with E-state index in [1.54, 1.807) is 0 Å². The minimum atomic E-state index is -4.64. The van der Waals surface area contributed by atoms with Crippen molar-refractivity contribution in [2.45, 2.75) is 213 Å². The predicted molar refractivity (Wildman–Crippen MR) is 314 cm³/mol. The molecule has 2 atom stereocenters. The summed E-state index contributed by atoms with van der Waals surface area (Å²) in [6.07, 6.45) is 78.0. The number of hydrogen-bond donors (Lipinski definition) is 0. The average molecular weight is 1050 g/mol. The molecule has 9 nitrogen and oxygen atoms in total. The minimum Gasteiger partial charge on any atom is -0.756 e. The second-order valence-corrected chi connectivity index (χ2v) is 21.3. The summed E-state index contributed by atoms with van der Waals surface area (Å²) in [6.45, 7) is 4.03. The van der Waals surface area contributed by atoms with Gasteiger partial charge in [0.05, 0.1) is 27.7 Å². The van der Waals surface area contributed by atoms with Crippen LogP contribution in [-0.2, 0) is 32.7 Å². The normalized spacial score (nSPS) is 14.3. The zero-order valence-corrected chi connectivity index (χ0v) is 48.4. The molecule has 0 aromatic heterocycles. The highest BCUT2D eigenvalue weighted by Crippen LogP contribution is 2.38. The van der Waals surface area contributed by atoms with Gasteiger partial charge >= 0.3 is 11.9 Å². The molecule has 74 heavy (non-hydrogen) atoms. The molecule has 0 aromatic rings. The third-order valence-corrected chi connectivity index (χ3v) is 12.6. The van der Waals surface area contributed by atoms with Crippen molar-refractivity contribution < 1.29 is 42.1 Å². The summed E-state index contributed by atoms with van der Waals surface area (Å²) in [4.78, 5) is 37.7. The van der Waals surface area contributed by atoms with Crippen LogP contribution < -0.4 is 4.89 Å². The van der Waals surface area contributed by atoms with Gasteiger partial charge in [-0.15, -0.1) is 0 Å². The van der Waals surface area contributed by atoms with Gasteiger partial charge in [-0.3, -0.25) is 14.2 Å². The van der Waals surface area contributed by atoms with Crippen LogP contribution in [0.2, 0.25) is 0 Å².